The lowest BCUT2D eigenvalue weighted by molar-refractivity contribution is -0.145. The van der Waals surface area contributed by atoms with Gasteiger partial charge in [0.15, 0.2) is 6.10 Å². The van der Waals surface area contributed by atoms with Crippen molar-refractivity contribution in [3.8, 4) is 0 Å². The summed E-state index contributed by atoms with van der Waals surface area (Å²) < 4.78 is 48.3. The van der Waals surface area contributed by atoms with Crippen molar-refractivity contribution < 1.29 is 27.5 Å². The van der Waals surface area contributed by atoms with Gasteiger partial charge in [-0.3, -0.25) is 25.1 Å². The first-order valence-electron chi connectivity index (χ1n) is 11.9. The van der Waals surface area contributed by atoms with Crippen molar-refractivity contribution in [2.24, 2.45) is 5.92 Å². The molecule has 1 aliphatic rings. The van der Waals surface area contributed by atoms with Crippen molar-refractivity contribution in [3.05, 3.63) is 59.7 Å². The standard InChI is InChI=1S/C25H30ClF3N6O3/c1-15(18(12-20(26)30)23(31)37-2)35-14-19(22(27)34-35)33-24(36)21(17-8-10-25(28,29)11-9-17)38-32-13-16-6-4-3-5-7-16/h3-7,12,14-15,17,21,30-32H,8-11,13H2,1-2H3,(H,33,36)/b18-12-,30-20?,31-23?. The number of alkyl halides is 2. The second-order valence-electron chi connectivity index (χ2n) is 9.00. The van der Waals surface area contributed by atoms with Crippen LogP contribution < -0.4 is 10.8 Å². The largest absolute Gasteiger partial charge is 0.481 e. The van der Waals surface area contributed by atoms with Crippen LogP contribution in [0.4, 0.5) is 18.9 Å². The number of aromatic nitrogens is 2. The summed E-state index contributed by atoms with van der Waals surface area (Å²) >= 11 is 5.64. The Labute approximate surface area is 223 Å². The van der Waals surface area contributed by atoms with Gasteiger partial charge in [0, 0.05) is 25.0 Å². The number of nitrogens with zero attached hydrogens (tertiary/aromatic N) is 2. The van der Waals surface area contributed by atoms with Crippen molar-refractivity contribution in [2.45, 2.75) is 57.2 Å². The number of carbonyl (C=O) groups excluding carboxylic acids is 1. The summed E-state index contributed by atoms with van der Waals surface area (Å²) in [5.74, 6) is -5.31. The first-order valence-corrected chi connectivity index (χ1v) is 12.3. The van der Waals surface area contributed by atoms with E-state index in [0.29, 0.717) is 0 Å². The molecule has 1 amide bonds. The second kappa shape index (κ2) is 13.0. The molecule has 1 heterocycles. The molecular formula is C25H30ClF3N6O3. The Morgan fingerprint density at radius 1 is 1.29 bits per heavy atom. The van der Waals surface area contributed by atoms with Crippen LogP contribution in [0.15, 0.2) is 48.2 Å². The number of carbonyl (C=O) groups is 1. The van der Waals surface area contributed by atoms with E-state index >= 15 is 0 Å². The molecule has 1 saturated carbocycles. The Kier molecular flexibility index (Phi) is 10.1. The van der Waals surface area contributed by atoms with E-state index in [9.17, 15) is 18.0 Å². The number of nitrogens with one attached hydrogen (secondary N) is 4. The van der Waals surface area contributed by atoms with Crippen molar-refractivity contribution in [3.63, 3.8) is 0 Å². The van der Waals surface area contributed by atoms with Gasteiger partial charge in [-0.2, -0.15) is 9.87 Å². The van der Waals surface area contributed by atoms with E-state index in [-0.39, 0.29) is 54.6 Å². The number of methoxy groups -OCH3 is 1. The summed E-state index contributed by atoms with van der Waals surface area (Å²) in [7, 11) is 1.27. The SMILES string of the molecule is COC(=N)/C(=C\C(=N)Cl)C(C)n1cc(NC(=O)C(ONCc2ccccc2)C2CCC(F)(F)CC2)c(F)n1. The van der Waals surface area contributed by atoms with Crippen LogP contribution in [0.1, 0.15) is 44.2 Å². The Balaban J connectivity index is 1.76. The van der Waals surface area contributed by atoms with Crippen molar-refractivity contribution in [1.29, 1.82) is 10.8 Å². The Bertz CT molecular complexity index is 1160. The Morgan fingerprint density at radius 2 is 1.95 bits per heavy atom. The molecule has 1 aliphatic carbocycles. The average Bonchev–Trinajstić information content (AvgIpc) is 3.25. The minimum atomic E-state index is -2.79. The molecule has 2 unspecified atom stereocenters. The molecular weight excluding hydrogens is 525 g/mol. The van der Waals surface area contributed by atoms with Crippen LogP contribution in [-0.2, 0) is 20.9 Å². The molecule has 2 atom stereocenters. The van der Waals surface area contributed by atoms with E-state index in [2.05, 4.69) is 15.9 Å². The number of allylic oxidation sites excluding steroid dienone is 1. The summed E-state index contributed by atoms with van der Waals surface area (Å²) in [6, 6.07) is 8.48. The number of benzene rings is 1. The van der Waals surface area contributed by atoms with Crippen LogP contribution in [0.25, 0.3) is 0 Å². The number of hydrogen-bond acceptors (Lipinski definition) is 7. The molecule has 1 aromatic heterocycles. The summed E-state index contributed by atoms with van der Waals surface area (Å²) in [6.45, 7) is 1.85. The highest BCUT2D eigenvalue weighted by atomic mass is 35.5. The van der Waals surface area contributed by atoms with E-state index in [0.717, 1.165) is 10.2 Å². The van der Waals surface area contributed by atoms with Gasteiger partial charge in [-0.1, -0.05) is 41.9 Å². The summed E-state index contributed by atoms with van der Waals surface area (Å²) in [6.07, 6.45) is 0.618. The number of halogens is 4. The Hall–Kier alpha value is -3.22. The summed E-state index contributed by atoms with van der Waals surface area (Å²) in [5, 5.41) is 21.3. The molecule has 1 fully saturated rings. The fraction of sp³-hybridized carbons (Fsp3) is 0.440. The molecule has 0 saturated heterocycles. The zero-order valence-corrected chi connectivity index (χ0v) is 21.7. The van der Waals surface area contributed by atoms with Crippen LogP contribution in [-0.4, -0.2) is 45.9 Å². The maximum atomic E-state index is 14.7. The number of rotatable bonds is 11. The molecule has 0 bridgehead atoms. The predicted molar refractivity (Wildman–Crippen MR) is 137 cm³/mol. The first-order chi connectivity index (χ1) is 18.0. The van der Waals surface area contributed by atoms with Crippen molar-refractivity contribution in [1.82, 2.24) is 15.3 Å². The van der Waals surface area contributed by atoms with E-state index in [1.165, 1.54) is 19.4 Å². The molecule has 13 heteroatoms. The third-order valence-electron chi connectivity index (χ3n) is 6.32. The van der Waals surface area contributed by atoms with Gasteiger partial charge >= 0.3 is 0 Å². The van der Waals surface area contributed by atoms with E-state index in [1.807, 2.05) is 30.3 Å². The quantitative estimate of drug-likeness (QED) is 0.172. The highest BCUT2D eigenvalue weighted by Gasteiger charge is 2.41. The highest BCUT2D eigenvalue weighted by molar-refractivity contribution is 6.67. The minimum Gasteiger partial charge on any atom is -0.481 e. The normalized spacial score (nSPS) is 17.5. The number of hydroxylamine groups is 1. The molecule has 4 N–H and O–H groups in total. The first kappa shape index (κ1) is 29.3. The van der Waals surface area contributed by atoms with E-state index in [1.54, 1.807) is 6.92 Å². The van der Waals surface area contributed by atoms with Crippen molar-refractivity contribution in [2.75, 3.05) is 12.4 Å². The van der Waals surface area contributed by atoms with Gasteiger partial charge in [0.2, 0.25) is 11.8 Å². The average molecular weight is 555 g/mol. The van der Waals surface area contributed by atoms with Crippen molar-refractivity contribution >= 4 is 34.3 Å². The fourth-order valence-electron chi connectivity index (χ4n) is 4.17. The third-order valence-corrected chi connectivity index (χ3v) is 6.43. The van der Waals surface area contributed by atoms with Gasteiger partial charge < -0.3 is 10.1 Å². The van der Waals surface area contributed by atoms with Crippen LogP contribution in [0, 0.1) is 22.7 Å². The molecule has 2 aromatic rings. The van der Waals surface area contributed by atoms with E-state index < -0.39 is 35.8 Å². The number of ether oxygens (including phenoxy) is 1. The zero-order valence-electron chi connectivity index (χ0n) is 20.9. The maximum Gasteiger partial charge on any atom is 0.256 e. The van der Waals surface area contributed by atoms with Crippen LogP contribution in [0.3, 0.4) is 0 Å². The third kappa shape index (κ3) is 7.89. The smallest absolute Gasteiger partial charge is 0.256 e. The van der Waals surface area contributed by atoms with Crippen LogP contribution >= 0.6 is 11.6 Å². The second-order valence-corrected chi connectivity index (χ2v) is 9.41. The zero-order chi connectivity index (χ0) is 27.9. The molecule has 0 aliphatic heterocycles. The van der Waals surface area contributed by atoms with Crippen LogP contribution in [0.2, 0.25) is 0 Å². The monoisotopic (exact) mass is 554 g/mol. The molecule has 0 radical (unpaired) electrons. The van der Waals surface area contributed by atoms with Gasteiger partial charge in [-0.05, 0) is 37.3 Å². The molecule has 3 rings (SSSR count). The van der Waals surface area contributed by atoms with Gasteiger partial charge in [0.25, 0.3) is 11.9 Å². The van der Waals surface area contributed by atoms with Gasteiger partial charge in [0.1, 0.15) is 10.9 Å². The van der Waals surface area contributed by atoms with Gasteiger partial charge in [0.05, 0.1) is 19.3 Å². The lowest BCUT2D eigenvalue weighted by Gasteiger charge is -2.32. The molecule has 0 spiro atoms. The lowest BCUT2D eigenvalue weighted by atomic mass is 9.83. The minimum absolute atomic E-state index is 0.0640. The Morgan fingerprint density at radius 3 is 2.55 bits per heavy atom. The molecule has 9 nitrogen and oxygen atoms in total. The predicted octanol–water partition coefficient (Wildman–Crippen LogP) is 5.20. The fourth-order valence-corrected chi connectivity index (χ4v) is 4.29. The highest BCUT2D eigenvalue weighted by Crippen LogP contribution is 2.38. The van der Waals surface area contributed by atoms with Crippen LogP contribution in [0.5, 0.6) is 0 Å². The van der Waals surface area contributed by atoms with Gasteiger partial charge in [-0.15, -0.1) is 5.10 Å². The van der Waals surface area contributed by atoms with Gasteiger partial charge in [-0.25, -0.2) is 8.78 Å². The lowest BCUT2D eigenvalue weighted by Crippen LogP contribution is -2.43. The molecule has 38 heavy (non-hydrogen) atoms. The van der Waals surface area contributed by atoms with E-state index in [4.69, 9.17) is 32.0 Å². The topological polar surface area (TPSA) is 125 Å². The molecule has 206 valence electrons. The number of amides is 1. The molecule has 1 aromatic carbocycles. The summed E-state index contributed by atoms with van der Waals surface area (Å²) in [5.41, 5.74) is 3.52. The number of hydrogen-bond donors (Lipinski definition) is 4. The number of anilines is 1. The summed E-state index contributed by atoms with van der Waals surface area (Å²) in [4.78, 5) is 18.9. The maximum absolute atomic E-state index is 14.7.